The summed E-state index contributed by atoms with van der Waals surface area (Å²) in [6.07, 6.45) is 3.72. The number of aliphatic hydroxyl groups excluding tert-OH is 1. The first-order chi connectivity index (χ1) is 12.5. The van der Waals surface area contributed by atoms with E-state index in [0.717, 1.165) is 47.9 Å². The molecule has 0 aliphatic rings. The SMILES string of the molecule is C=C(C)C(=O)OCc1cc(CCCO)ccc1-c1ccc(CCC)cc1. The second-order valence-electron chi connectivity index (χ2n) is 6.62. The smallest absolute Gasteiger partial charge is 0.333 e. The molecule has 0 amide bonds. The molecule has 138 valence electrons. The largest absolute Gasteiger partial charge is 0.457 e. The van der Waals surface area contributed by atoms with E-state index in [9.17, 15) is 4.79 Å². The zero-order chi connectivity index (χ0) is 18.9. The van der Waals surface area contributed by atoms with E-state index in [2.05, 4.69) is 56.0 Å². The van der Waals surface area contributed by atoms with Gasteiger partial charge >= 0.3 is 5.97 Å². The first-order valence-corrected chi connectivity index (χ1v) is 9.19. The molecule has 0 fully saturated rings. The first-order valence-electron chi connectivity index (χ1n) is 9.19. The van der Waals surface area contributed by atoms with Gasteiger partial charge in [-0.25, -0.2) is 4.79 Å². The molecule has 0 aliphatic heterocycles. The van der Waals surface area contributed by atoms with Gasteiger partial charge in [0.05, 0.1) is 0 Å². The van der Waals surface area contributed by atoms with Crippen molar-refractivity contribution >= 4 is 5.97 Å². The molecule has 0 bridgehead atoms. The highest BCUT2D eigenvalue weighted by molar-refractivity contribution is 5.87. The highest BCUT2D eigenvalue weighted by Gasteiger charge is 2.10. The number of carbonyl (C=O) groups excluding carboxylic acids is 1. The normalized spacial score (nSPS) is 10.6. The average molecular weight is 352 g/mol. The van der Waals surface area contributed by atoms with Crippen LogP contribution in [0.25, 0.3) is 11.1 Å². The van der Waals surface area contributed by atoms with Crippen LogP contribution in [-0.4, -0.2) is 17.7 Å². The van der Waals surface area contributed by atoms with Crippen molar-refractivity contribution in [2.75, 3.05) is 6.61 Å². The number of ether oxygens (including phenoxy) is 1. The Morgan fingerprint density at radius 3 is 2.38 bits per heavy atom. The fraction of sp³-hybridized carbons (Fsp3) is 0.348. The van der Waals surface area contributed by atoms with Gasteiger partial charge in [0.1, 0.15) is 6.61 Å². The number of benzene rings is 2. The van der Waals surface area contributed by atoms with Gasteiger partial charge in [-0.2, -0.15) is 0 Å². The predicted molar refractivity (Wildman–Crippen MR) is 106 cm³/mol. The maximum absolute atomic E-state index is 11.8. The molecular formula is C23H28O3. The third kappa shape index (κ3) is 5.57. The third-order valence-electron chi connectivity index (χ3n) is 4.30. The van der Waals surface area contributed by atoms with Gasteiger partial charge in [0.2, 0.25) is 0 Å². The second-order valence-corrected chi connectivity index (χ2v) is 6.62. The zero-order valence-corrected chi connectivity index (χ0v) is 15.8. The molecule has 3 nitrogen and oxygen atoms in total. The minimum atomic E-state index is -0.380. The van der Waals surface area contributed by atoms with Gasteiger partial charge in [-0.15, -0.1) is 0 Å². The molecule has 0 aromatic heterocycles. The van der Waals surface area contributed by atoms with Crippen LogP contribution in [0.1, 0.15) is 43.4 Å². The molecule has 0 spiro atoms. The summed E-state index contributed by atoms with van der Waals surface area (Å²) in [6.45, 7) is 7.83. The minimum Gasteiger partial charge on any atom is -0.457 e. The van der Waals surface area contributed by atoms with Gasteiger partial charge < -0.3 is 9.84 Å². The topological polar surface area (TPSA) is 46.5 Å². The van der Waals surface area contributed by atoms with Crippen molar-refractivity contribution in [2.24, 2.45) is 0 Å². The van der Waals surface area contributed by atoms with Crippen LogP contribution < -0.4 is 0 Å². The summed E-state index contributed by atoms with van der Waals surface area (Å²) in [5, 5.41) is 9.06. The van der Waals surface area contributed by atoms with E-state index in [4.69, 9.17) is 9.84 Å². The van der Waals surface area contributed by atoms with Gasteiger partial charge in [0.15, 0.2) is 0 Å². The Morgan fingerprint density at radius 1 is 1.08 bits per heavy atom. The van der Waals surface area contributed by atoms with Crippen molar-refractivity contribution in [2.45, 2.75) is 46.1 Å². The molecule has 0 aliphatic carbocycles. The number of carbonyl (C=O) groups is 1. The molecule has 0 saturated carbocycles. The Morgan fingerprint density at radius 2 is 1.77 bits per heavy atom. The zero-order valence-electron chi connectivity index (χ0n) is 15.8. The summed E-state index contributed by atoms with van der Waals surface area (Å²) in [4.78, 5) is 11.8. The molecular weight excluding hydrogens is 324 g/mol. The summed E-state index contributed by atoms with van der Waals surface area (Å²) < 4.78 is 5.39. The highest BCUT2D eigenvalue weighted by atomic mass is 16.5. The summed E-state index contributed by atoms with van der Waals surface area (Å²) in [5.41, 5.74) is 6.00. The van der Waals surface area contributed by atoms with Gasteiger partial charge in [0, 0.05) is 12.2 Å². The Balaban J connectivity index is 2.30. The quantitative estimate of drug-likeness (QED) is 0.518. The highest BCUT2D eigenvalue weighted by Crippen LogP contribution is 2.27. The molecule has 0 atom stereocenters. The van der Waals surface area contributed by atoms with Gasteiger partial charge in [0.25, 0.3) is 0 Å². The van der Waals surface area contributed by atoms with Crippen LogP contribution in [0.3, 0.4) is 0 Å². The average Bonchev–Trinajstić information content (AvgIpc) is 2.65. The lowest BCUT2D eigenvalue weighted by molar-refractivity contribution is -0.140. The van der Waals surface area contributed by atoms with Gasteiger partial charge in [-0.1, -0.05) is 62.4 Å². The van der Waals surface area contributed by atoms with Crippen LogP contribution in [0.15, 0.2) is 54.6 Å². The predicted octanol–water partition coefficient (Wildman–Crippen LogP) is 4.85. The Hall–Kier alpha value is -2.39. The van der Waals surface area contributed by atoms with E-state index >= 15 is 0 Å². The fourth-order valence-electron chi connectivity index (χ4n) is 2.89. The maximum atomic E-state index is 11.8. The number of hydrogen-bond donors (Lipinski definition) is 1. The molecule has 0 heterocycles. The number of aryl methyl sites for hydroxylation is 2. The van der Waals surface area contributed by atoms with E-state index in [0.29, 0.717) is 5.57 Å². The van der Waals surface area contributed by atoms with Crippen molar-refractivity contribution in [1.29, 1.82) is 0 Å². The molecule has 2 rings (SSSR count). The monoisotopic (exact) mass is 352 g/mol. The summed E-state index contributed by atoms with van der Waals surface area (Å²) in [6, 6.07) is 14.8. The van der Waals surface area contributed by atoms with Gasteiger partial charge in [-0.3, -0.25) is 0 Å². The molecule has 0 radical (unpaired) electrons. The van der Waals surface area contributed by atoms with E-state index in [1.54, 1.807) is 6.92 Å². The molecule has 26 heavy (non-hydrogen) atoms. The lowest BCUT2D eigenvalue weighted by Gasteiger charge is -2.13. The fourth-order valence-corrected chi connectivity index (χ4v) is 2.89. The first kappa shape index (κ1) is 19.9. The van der Waals surface area contributed by atoms with Crippen LogP contribution in [0.4, 0.5) is 0 Å². The van der Waals surface area contributed by atoms with E-state index in [-0.39, 0.29) is 19.2 Å². The van der Waals surface area contributed by atoms with E-state index in [1.807, 2.05) is 0 Å². The number of aliphatic hydroxyl groups is 1. The molecule has 0 saturated heterocycles. The van der Waals surface area contributed by atoms with Crippen molar-refractivity contribution < 1.29 is 14.6 Å². The molecule has 2 aromatic carbocycles. The lowest BCUT2D eigenvalue weighted by Crippen LogP contribution is -2.06. The number of esters is 1. The van der Waals surface area contributed by atoms with Crippen molar-refractivity contribution in [3.8, 4) is 11.1 Å². The Labute approximate surface area is 156 Å². The molecule has 0 unspecified atom stereocenters. The van der Waals surface area contributed by atoms with Crippen LogP contribution in [0, 0.1) is 0 Å². The summed E-state index contributed by atoms with van der Waals surface area (Å²) in [7, 11) is 0. The maximum Gasteiger partial charge on any atom is 0.333 e. The van der Waals surface area contributed by atoms with Gasteiger partial charge in [-0.05, 0) is 54.0 Å². The van der Waals surface area contributed by atoms with E-state index in [1.165, 1.54) is 5.56 Å². The van der Waals surface area contributed by atoms with Crippen molar-refractivity contribution in [3.05, 3.63) is 71.3 Å². The third-order valence-corrected chi connectivity index (χ3v) is 4.30. The van der Waals surface area contributed by atoms with Crippen LogP contribution in [0.5, 0.6) is 0 Å². The van der Waals surface area contributed by atoms with Crippen molar-refractivity contribution in [1.82, 2.24) is 0 Å². The van der Waals surface area contributed by atoms with Crippen molar-refractivity contribution in [3.63, 3.8) is 0 Å². The number of hydrogen-bond acceptors (Lipinski definition) is 3. The second kappa shape index (κ2) is 9.93. The van der Waals surface area contributed by atoms with E-state index < -0.39 is 0 Å². The minimum absolute atomic E-state index is 0.167. The molecule has 2 aromatic rings. The van der Waals surface area contributed by atoms with Crippen LogP contribution in [0.2, 0.25) is 0 Å². The number of rotatable bonds is 9. The standard InChI is InChI=1S/C23H28O3/c1-4-6-18-8-11-20(12-9-18)22-13-10-19(7-5-14-24)15-21(22)16-26-23(25)17(2)3/h8-13,15,24H,2,4-7,14,16H2,1,3H3. The Kier molecular flexibility index (Phi) is 7.61. The summed E-state index contributed by atoms with van der Waals surface area (Å²) >= 11 is 0. The van der Waals surface area contributed by atoms with Crippen LogP contribution in [-0.2, 0) is 29.0 Å². The summed E-state index contributed by atoms with van der Waals surface area (Å²) in [5.74, 6) is -0.380. The van der Waals surface area contributed by atoms with Crippen LogP contribution >= 0.6 is 0 Å². The molecule has 1 N–H and O–H groups in total. The lowest BCUT2D eigenvalue weighted by atomic mass is 9.95. The Bertz CT molecular complexity index is 745. The molecule has 3 heteroatoms.